The molecule has 0 bridgehead atoms. The third-order valence-corrected chi connectivity index (χ3v) is 3.20. The molecule has 19 heavy (non-hydrogen) atoms. The monoisotopic (exact) mass is 265 g/mol. The number of ether oxygens (including phenoxy) is 2. The van der Waals surface area contributed by atoms with E-state index in [1.807, 2.05) is 31.2 Å². The number of hydrogen-bond donors (Lipinski definition) is 1. The lowest BCUT2D eigenvalue weighted by molar-refractivity contribution is -0.0260. The molecule has 0 heterocycles. The SMILES string of the molecule is CCCCC(OC(N)=O)C(OC)c1ccccc1C. The summed E-state index contributed by atoms with van der Waals surface area (Å²) in [5.74, 6) is 0. The summed E-state index contributed by atoms with van der Waals surface area (Å²) in [6.45, 7) is 4.11. The van der Waals surface area contributed by atoms with Crippen LogP contribution in [0.4, 0.5) is 4.79 Å². The average molecular weight is 265 g/mol. The van der Waals surface area contributed by atoms with Crippen LogP contribution in [0.15, 0.2) is 24.3 Å². The molecule has 1 rings (SSSR count). The zero-order chi connectivity index (χ0) is 14.3. The van der Waals surface area contributed by atoms with Crippen molar-refractivity contribution >= 4 is 6.09 Å². The highest BCUT2D eigenvalue weighted by molar-refractivity contribution is 5.64. The third-order valence-electron chi connectivity index (χ3n) is 3.20. The maximum atomic E-state index is 11.1. The summed E-state index contributed by atoms with van der Waals surface area (Å²) in [6.07, 6.45) is 1.36. The van der Waals surface area contributed by atoms with Gasteiger partial charge in [0.1, 0.15) is 12.2 Å². The zero-order valence-corrected chi connectivity index (χ0v) is 11.9. The van der Waals surface area contributed by atoms with E-state index < -0.39 is 6.09 Å². The van der Waals surface area contributed by atoms with Crippen LogP contribution in [0.1, 0.15) is 43.4 Å². The predicted molar refractivity (Wildman–Crippen MR) is 74.9 cm³/mol. The van der Waals surface area contributed by atoms with Gasteiger partial charge in [-0.05, 0) is 30.9 Å². The molecule has 1 aromatic carbocycles. The van der Waals surface area contributed by atoms with Gasteiger partial charge in [0.25, 0.3) is 0 Å². The van der Waals surface area contributed by atoms with Crippen molar-refractivity contribution in [3.63, 3.8) is 0 Å². The second-order valence-corrected chi connectivity index (χ2v) is 4.63. The minimum Gasteiger partial charge on any atom is -0.443 e. The van der Waals surface area contributed by atoms with Gasteiger partial charge < -0.3 is 15.2 Å². The van der Waals surface area contributed by atoms with Crippen LogP contribution in [0.25, 0.3) is 0 Å². The number of carbonyl (C=O) groups excluding carboxylic acids is 1. The first-order chi connectivity index (χ1) is 9.10. The Bertz CT molecular complexity index is 406. The maximum Gasteiger partial charge on any atom is 0.404 e. The summed E-state index contributed by atoms with van der Waals surface area (Å²) >= 11 is 0. The number of nitrogens with two attached hydrogens (primary N) is 1. The lowest BCUT2D eigenvalue weighted by Crippen LogP contribution is -2.30. The Morgan fingerprint density at radius 3 is 2.58 bits per heavy atom. The lowest BCUT2D eigenvalue weighted by atomic mass is 9.96. The number of carbonyl (C=O) groups is 1. The Balaban J connectivity index is 2.94. The van der Waals surface area contributed by atoms with Crippen LogP contribution in [0.3, 0.4) is 0 Å². The molecule has 1 aromatic rings. The molecular formula is C15H23NO3. The molecular weight excluding hydrogens is 242 g/mol. The number of unbranched alkanes of at least 4 members (excludes halogenated alkanes) is 1. The van der Waals surface area contributed by atoms with E-state index in [1.54, 1.807) is 7.11 Å². The molecule has 0 aliphatic rings. The quantitative estimate of drug-likeness (QED) is 0.822. The van der Waals surface area contributed by atoms with E-state index >= 15 is 0 Å². The highest BCUT2D eigenvalue weighted by atomic mass is 16.6. The van der Waals surface area contributed by atoms with Crippen molar-refractivity contribution in [3.8, 4) is 0 Å². The van der Waals surface area contributed by atoms with Gasteiger partial charge in [0, 0.05) is 7.11 Å². The summed E-state index contributed by atoms with van der Waals surface area (Å²) in [4.78, 5) is 11.1. The first-order valence-corrected chi connectivity index (χ1v) is 6.64. The first kappa shape index (κ1) is 15.5. The van der Waals surface area contributed by atoms with Crippen molar-refractivity contribution in [2.24, 2.45) is 5.73 Å². The van der Waals surface area contributed by atoms with Crippen LogP contribution in [-0.4, -0.2) is 19.3 Å². The van der Waals surface area contributed by atoms with Crippen molar-refractivity contribution in [1.29, 1.82) is 0 Å². The first-order valence-electron chi connectivity index (χ1n) is 6.64. The third kappa shape index (κ3) is 4.56. The summed E-state index contributed by atoms with van der Waals surface area (Å²) < 4.78 is 10.8. The lowest BCUT2D eigenvalue weighted by Gasteiger charge is -2.26. The molecule has 1 amide bonds. The molecule has 0 radical (unpaired) electrons. The van der Waals surface area contributed by atoms with Gasteiger partial charge in [0.2, 0.25) is 0 Å². The van der Waals surface area contributed by atoms with Crippen LogP contribution in [0, 0.1) is 6.92 Å². The number of benzene rings is 1. The van der Waals surface area contributed by atoms with Gasteiger partial charge in [0.05, 0.1) is 0 Å². The Morgan fingerprint density at radius 2 is 2.05 bits per heavy atom. The van der Waals surface area contributed by atoms with Crippen LogP contribution in [0.2, 0.25) is 0 Å². The number of rotatable bonds is 7. The molecule has 0 aliphatic carbocycles. The van der Waals surface area contributed by atoms with Gasteiger partial charge in [-0.3, -0.25) is 0 Å². The highest BCUT2D eigenvalue weighted by Gasteiger charge is 2.26. The fourth-order valence-corrected chi connectivity index (χ4v) is 2.21. The second kappa shape index (κ2) is 7.79. The molecule has 4 nitrogen and oxygen atoms in total. The number of aryl methyl sites for hydroxylation is 1. The Hall–Kier alpha value is -1.55. The number of amides is 1. The number of hydrogen-bond acceptors (Lipinski definition) is 3. The van der Waals surface area contributed by atoms with Crippen LogP contribution in [0.5, 0.6) is 0 Å². The van der Waals surface area contributed by atoms with E-state index in [1.165, 1.54) is 0 Å². The van der Waals surface area contributed by atoms with Gasteiger partial charge in [-0.25, -0.2) is 4.79 Å². The van der Waals surface area contributed by atoms with Gasteiger partial charge in [-0.15, -0.1) is 0 Å². The van der Waals surface area contributed by atoms with Gasteiger partial charge in [-0.2, -0.15) is 0 Å². The molecule has 0 aliphatic heterocycles. The molecule has 0 saturated carbocycles. The number of methoxy groups -OCH3 is 1. The van der Waals surface area contributed by atoms with Crippen molar-refractivity contribution in [2.45, 2.75) is 45.3 Å². The molecule has 0 saturated heterocycles. The van der Waals surface area contributed by atoms with Gasteiger partial charge >= 0.3 is 6.09 Å². The number of primary amides is 1. The van der Waals surface area contributed by atoms with E-state index in [-0.39, 0.29) is 12.2 Å². The van der Waals surface area contributed by atoms with Crippen LogP contribution < -0.4 is 5.73 Å². The van der Waals surface area contributed by atoms with E-state index in [4.69, 9.17) is 15.2 Å². The molecule has 0 fully saturated rings. The zero-order valence-electron chi connectivity index (χ0n) is 11.9. The van der Waals surface area contributed by atoms with Crippen LogP contribution >= 0.6 is 0 Å². The standard InChI is InChI=1S/C15H23NO3/c1-4-5-10-13(19-15(16)17)14(18-3)12-9-7-6-8-11(12)2/h6-9,13-14H,4-5,10H2,1-3H3,(H2,16,17). The van der Waals surface area contributed by atoms with Gasteiger partial charge in [0.15, 0.2) is 0 Å². The van der Waals surface area contributed by atoms with Gasteiger partial charge in [-0.1, -0.05) is 37.6 Å². The van der Waals surface area contributed by atoms with Crippen molar-refractivity contribution in [1.82, 2.24) is 0 Å². The Labute approximate surface area is 114 Å². The van der Waals surface area contributed by atoms with Crippen molar-refractivity contribution in [2.75, 3.05) is 7.11 Å². The van der Waals surface area contributed by atoms with Crippen molar-refractivity contribution < 1.29 is 14.3 Å². The fourth-order valence-electron chi connectivity index (χ4n) is 2.21. The van der Waals surface area contributed by atoms with E-state index in [0.717, 1.165) is 30.4 Å². The minimum atomic E-state index is -0.753. The topological polar surface area (TPSA) is 61.5 Å². The smallest absolute Gasteiger partial charge is 0.404 e. The molecule has 2 atom stereocenters. The Morgan fingerprint density at radius 1 is 1.37 bits per heavy atom. The molecule has 2 unspecified atom stereocenters. The summed E-state index contributed by atoms with van der Waals surface area (Å²) in [6, 6.07) is 7.94. The van der Waals surface area contributed by atoms with E-state index in [0.29, 0.717) is 0 Å². The molecule has 106 valence electrons. The van der Waals surface area contributed by atoms with Crippen molar-refractivity contribution in [3.05, 3.63) is 35.4 Å². The van der Waals surface area contributed by atoms with E-state index in [9.17, 15) is 4.79 Å². The van der Waals surface area contributed by atoms with E-state index in [2.05, 4.69) is 6.92 Å². The average Bonchev–Trinajstić information content (AvgIpc) is 2.38. The normalized spacial score (nSPS) is 13.8. The second-order valence-electron chi connectivity index (χ2n) is 4.63. The molecule has 0 aromatic heterocycles. The molecule has 4 heteroatoms. The summed E-state index contributed by atoms with van der Waals surface area (Å²) in [7, 11) is 1.63. The predicted octanol–water partition coefficient (Wildman–Crippen LogP) is 3.34. The largest absolute Gasteiger partial charge is 0.443 e. The van der Waals surface area contributed by atoms with Crippen LogP contribution in [-0.2, 0) is 9.47 Å². The maximum absolute atomic E-state index is 11.1. The summed E-state index contributed by atoms with van der Waals surface area (Å²) in [5, 5.41) is 0. The minimum absolute atomic E-state index is 0.278. The fraction of sp³-hybridized carbons (Fsp3) is 0.533. The molecule has 2 N–H and O–H groups in total. The highest BCUT2D eigenvalue weighted by Crippen LogP contribution is 2.28. The Kier molecular flexibility index (Phi) is 6.36. The molecule has 0 spiro atoms. The summed E-state index contributed by atoms with van der Waals surface area (Å²) in [5.41, 5.74) is 7.31.